The normalized spacial score (nSPS) is 21.0. The summed E-state index contributed by atoms with van der Waals surface area (Å²) in [6.45, 7) is -0.0354. The van der Waals surface area contributed by atoms with Crippen LogP contribution in [0.25, 0.3) is 0 Å². The Bertz CT molecular complexity index is 854. The number of nitrogens with one attached hydrogen (secondary N) is 2. The van der Waals surface area contributed by atoms with Gasteiger partial charge in [0.1, 0.15) is 12.3 Å². The monoisotopic (exact) mass is 395 g/mol. The summed E-state index contributed by atoms with van der Waals surface area (Å²) in [5, 5.41) is 0. The van der Waals surface area contributed by atoms with Crippen molar-refractivity contribution in [3.05, 3.63) is 24.3 Å². The van der Waals surface area contributed by atoms with Gasteiger partial charge in [0.15, 0.2) is 9.84 Å². The van der Waals surface area contributed by atoms with Crippen LogP contribution in [0, 0.1) is 5.92 Å². The van der Waals surface area contributed by atoms with E-state index in [0.29, 0.717) is 17.9 Å². The molecule has 1 aromatic carbocycles. The predicted octanol–water partition coefficient (Wildman–Crippen LogP) is -0.226. The molecule has 0 radical (unpaired) electrons. The van der Waals surface area contributed by atoms with E-state index in [1.807, 2.05) is 0 Å². The third-order valence-corrected chi connectivity index (χ3v) is 6.31. The number of hydrogen-bond donors (Lipinski definition) is 2. The molecule has 3 rings (SSSR count). The first-order valence-corrected chi connectivity index (χ1v) is 10.5. The van der Waals surface area contributed by atoms with Crippen LogP contribution in [0.1, 0.15) is 19.3 Å². The smallest absolute Gasteiger partial charge is 0.258 e. The fourth-order valence-corrected chi connectivity index (χ4v) is 5.02. The number of sulfone groups is 1. The number of para-hydroxylation sites is 2. The molecular formula is C17H21N3O6S. The second kappa shape index (κ2) is 7.95. The van der Waals surface area contributed by atoms with E-state index in [4.69, 9.17) is 4.74 Å². The first-order valence-electron chi connectivity index (χ1n) is 8.64. The van der Waals surface area contributed by atoms with E-state index in [2.05, 4.69) is 10.9 Å². The highest BCUT2D eigenvalue weighted by molar-refractivity contribution is 7.91. The van der Waals surface area contributed by atoms with Gasteiger partial charge in [0.2, 0.25) is 11.8 Å². The van der Waals surface area contributed by atoms with Gasteiger partial charge in [-0.3, -0.25) is 30.1 Å². The number of amides is 3. The van der Waals surface area contributed by atoms with Gasteiger partial charge in [-0.1, -0.05) is 12.1 Å². The van der Waals surface area contributed by atoms with E-state index in [-0.39, 0.29) is 49.3 Å². The van der Waals surface area contributed by atoms with E-state index >= 15 is 0 Å². The van der Waals surface area contributed by atoms with Crippen LogP contribution in [-0.4, -0.2) is 50.8 Å². The largest absolute Gasteiger partial charge is 0.491 e. The summed E-state index contributed by atoms with van der Waals surface area (Å²) in [5.74, 6) is -0.907. The summed E-state index contributed by atoms with van der Waals surface area (Å²) in [5.41, 5.74) is 5.05. The van der Waals surface area contributed by atoms with E-state index < -0.39 is 21.7 Å². The van der Waals surface area contributed by atoms with Crippen molar-refractivity contribution in [3.63, 3.8) is 0 Å². The molecule has 146 valence electrons. The van der Waals surface area contributed by atoms with Crippen molar-refractivity contribution in [1.82, 2.24) is 10.9 Å². The summed E-state index contributed by atoms with van der Waals surface area (Å²) < 4.78 is 28.3. The molecule has 0 bridgehead atoms. The topological polar surface area (TPSA) is 122 Å². The minimum Gasteiger partial charge on any atom is -0.491 e. The lowest BCUT2D eigenvalue weighted by Crippen LogP contribution is -2.48. The second-order valence-corrected chi connectivity index (χ2v) is 8.84. The Morgan fingerprint density at radius 1 is 1.19 bits per heavy atom. The Hall–Kier alpha value is -2.62. The lowest BCUT2D eigenvalue weighted by Gasteiger charge is -2.21. The molecule has 3 amide bonds. The molecule has 10 heteroatoms. The van der Waals surface area contributed by atoms with E-state index in [0.717, 1.165) is 0 Å². The highest BCUT2D eigenvalue weighted by Crippen LogP contribution is 2.30. The summed E-state index contributed by atoms with van der Waals surface area (Å²) in [6, 6.07) is 6.92. The van der Waals surface area contributed by atoms with Gasteiger partial charge in [-0.2, -0.15) is 0 Å². The molecule has 1 fully saturated rings. The maximum absolute atomic E-state index is 12.3. The molecule has 0 aliphatic carbocycles. The van der Waals surface area contributed by atoms with Crippen molar-refractivity contribution in [2.45, 2.75) is 19.3 Å². The third kappa shape index (κ3) is 4.97. The average Bonchev–Trinajstić information content (AvgIpc) is 2.88. The number of hydrogen-bond acceptors (Lipinski definition) is 6. The Balaban J connectivity index is 1.53. The summed E-state index contributed by atoms with van der Waals surface area (Å²) in [6.07, 6.45) is 0.617. The van der Waals surface area contributed by atoms with Gasteiger partial charge >= 0.3 is 0 Å². The Kier molecular flexibility index (Phi) is 5.64. The van der Waals surface area contributed by atoms with Crippen molar-refractivity contribution in [1.29, 1.82) is 0 Å². The molecule has 2 heterocycles. The highest BCUT2D eigenvalue weighted by atomic mass is 32.2. The summed E-state index contributed by atoms with van der Waals surface area (Å²) in [4.78, 5) is 37.6. The van der Waals surface area contributed by atoms with Crippen LogP contribution in [0.2, 0.25) is 0 Å². The van der Waals surface area contributed by atoms with E-state index in [1.165, 1.54) is 4.90 Å². The number of hydrazine groups is 1. The first kappa shape index (κ1) is 19.2. The van der Waals surface area contributed by atoms with Gasteiger partial charge in [0.25, 0.3) is 5.91 Å². The van der Waals surface area contributed by atoms with Gasteiger partial charge in [-0.25, -0.2) is 8.42 Å². The second-order valence-electron chi connectivity index (χ2n) is 6.62. The molecule has 2 aliphatic heterocycles. The summed E-state index contributed by atoms with van der Waals surface area (Å²) >= 11 is 0. The van der Waals surface area contributed by atoms with Gasteiger partial charge in [-0.15, -0.1) is 0 Å². The lowest BCUT2D eigenvalue weighted by molar-refractivity contribution is -0.129. The molecule has 0 aromatic heterocycles. The number of fused-ring (bicyclic) bond motifs is 1. The Labute approximate surface area is 156 Å². The van der Waals surface area contributed by atoms with Crippen molar-refractivity contribution >= 4 is 33.2 Å². The third-order valence-electron chi connectivity index (χ3n) is 4.47. The molecule has 0 saturated carbocycles. The maximum atomic E-state index is 12.3. The van der Waals surface area contributed by atoms with Gasteiger partial charge in [-0.05, 0) is 24.5 Å². The van der Waals surface area contributed by atoms with Crippen LogP contribution >= 0.6 is 0 Å². The van der Waals surface area contributed by atoms with Crippen molar-refractivity contribution < 1.29 is 27.5 Å². The van der Waals surface area contributed by atoms with Gasteiger partial charge < -0.3 is 4.74 Å². The SMILES string of the molecule is O=C(C[C@H]1CCS(=O)(=O)C1)NNC(=O)CN1C(=O)CCOc2ccccc21. The number of benzene rings is 1. The molecule has 27 heavy (non-hydrogen) atoms. The Morgan fingerprint density at radius 3 is 2.67 bits per heavy atom. The fourth-order valence-electron chi connectivity index (χ4n) is 3.16. The number of anilines is 1. The van der Waals surface area contributed by atoms with E-state index in [9.17, 15) is 22.8 Å². The molecule has 0 unspecified atom stereocenters. The van der Waals surface area contributed by atoms with Crippen LogP contribution in [0.3, 0.4) is 0 Å². The van der Waals surface area contributed by atoms with Crippen LogP contribution < -0.4 is 20.5 Å². The quantitative estimate of drug-likeness (QED) is 0.680. The molecule has 1 atom stereocenters. The van der Waals surface area contributed by atoms with Crippen LogP contribution in [-0.2, 0) is 24.2 Å². The molecule has 9 nitrogen and oxygen atoms in total. The zero-order chi connectivity index (χ0) is 19.4. The zero-order valence-electron chi connectivity index (χ0n) is 14.6. The minimum absolute atomic E-state index is 0.00652. The number of ether oxygens (including phenoxy) is 1. The number of rotatable bonds is 4. The first-order chi connectivity index (χ1) is 12.8. The van der Waals surface area contributed by atoms with Crippen molar-refractivity contribution in [2.24, 2.45) is 5.92 Å². The average molecular weight is 395 g/mol. The molecule has 1 saturated heterocycles. The number of carbonyl (C=O) groups excluding carboxylic acids is 3. The Morgan fingerprint density at radius 2 is 1.93 bits per heavy atom. The van der Waals surface area contributed by atoms with Gasteiger partial charge in [0.05, 0.1) is 30.2 Å². The maximum Gasteiger partial charge on any atom is 0.258 e. The van der Waals surface area contributed by atoms with Crippen LogP contribution in [0.5, 0.6) is 5.75 Å². The van der Waals surface area contributed by atoms with Gasteiger partial charge in [0, 0.05) is 6.42 Å². The number of carbonyl (C=O) groups is 3. The lowest BCUT2D eigenvalue weighted by atomic mass is 10.1. The molecular weight excluding hydrogens is 374 g/mol. The number of nitrogens with zero attached hydrogens (tertiary/aromatic N) is 1. The van der Waals surface area contributed by atoms with E-state index in [1.54, 1.807) is 24.3 Å². The predicted molar refractivity (Wildman–Crippen MR) is 96.6 cm³/mol. The van der Waals surface area contributed by atoms with Crippen LogP contribution in [0.4, 0.5) is 5.69 Å². The molecule has 2 aliphatic rings. The summed E-state index contributed by atoms with van der Waals surface area (Å²) in [7, 11) is -3.05. The zero-order valence-corrected chi connectivity index (χ0v) is 15.5. The highest BCUT2D eigenvalue weighted by Gasteiger charge is 2.30. The molecule has 1 aromatic rings. The fraction of sp³-hybridized carbons (Fsp3) is 0.471. The molecule has 2 N–H and O–H groups in total. The van der Waals surface area contributed by atoms with Crippen molar-refractivity contribution in [2.75, 3.05) is 29.6 Å². The van der Waals surface area contributed by atoms with Crippen LogP contribution in [0.15, 0.2) is 24.3 Å². The molecule has 0 spiro atoms. The van der Waals surface area contributed by atoms with Crippen molar-refractivity contribution in [3.8, 4) is 5.75 Å². The minimum atomic E-state index is -3.05. The standard InChI is InChI=1S/C17H21N3O6S/c21-15(9-12-6-8-27(24,25)11-12)18-19-16(22)10-20-13-3-1-2-4-14(13)26-7-5-17(20)23/h1-4,12H,5-11H2,(H,18,21)(H,19,22)/t12-/m1/s1.